The molecule has 2 fully saturated rings. The van der Waals surface area contributed by atoms with Gasteiger partial charge in [0.05, 0.1) is 16.8 Å². The number of carbonyl (C=O) groups excluding carboxylic acids is 3. The molecule has 4 aromatic rings. The highest BCUT2D eigenvalue weighted by atomic mass is 16.5. The molecule has 2 saturated heterocycles. The van der Waals surface area contributed by atoms with Crippen molar-refractivity contribution in [3.05, 3.63) is 83.4 Å². The van der Waals surface area contributed by atoms with Crippen LogP contribution in [0.1, 0.15) is 38.4 Å². The molecule has 3 N–H and O–H groups in total. The maximum absolute atomic E-state index is 13.6. The number of H-pyrrole nitrogens is 1. The van der Waals surface area contributed by atoms with Crippen molar-refractivity contribution in [1.82, 2.24) is 30.1 Å². The fraction of sp³-hybridized carbons (Fsp3) is 0.276. The number of aromatic nitrogens is 3. The Hall–Kier alpha value is -4.77. The summed E-state index contributed by atoms with van der Waals surface area (Å²) in [7, 11) is 0. The molecule has 40 heavy (non-hydrogen) atoms. The van der Waals surface area contributed by atoms with Crippen LogP contribution in [0.15, 0.2) is 61.1 Å². The van der Waals surface area contributed by atoms with E-state index >= 15 is 0 Å². The summed E-state index contributed by atoms with van der Waals surface area (Å²) in [5.41, 5.74) is 4.09. The molecule has 2 aromatic carbocycles. The molecule has 3 aliphatic heterocycles. The third kappa shape index (κ3) is 4.34. The summed E-state index contributed by atoms with van der Waals surface area (Å²) in [5.74, 6) is -0.115. The van der Waals surface area contributed by atoms with Gasteiger partial charge in [0.2, 0.25) is 0 Å². The van der Waals surface area contributed by atoms with Crippen LogP contribution < -0.4 is 15.4 Å². The second-order valence-corrected chi connectivity index (χ2v) is 10.4. The van der Waals surface area contributed by atoms with Gasteiger partial charge in [-0.2, -0.15) is 0 Å². The van der Waals surface area contributed by atoms with Gasteiger partial charge in [-0.25, -0.2) is 9.97 Å². The molecule has 7 rings (SSSR count). The van der Waals surface area contributed by atoms with Gasteiger partial charge in [0.15, 0.2) is 12.3 Å². The van der Waals surface area contributed by atoms with Gasteiger partial charge in [0.25, 0.3) is 17.7 Å². The smallest absolute Gasteiger partial charge is 0.272 e. The lowest BCUT2D eigenvalue weighted by Gasteiger charge is -2.34. The number of nitrogens with one attached hydrogen (secondary N) is 3. The first-order chi connectivity index (χ1) is 19.5. The number of aromatic amines is 1. The molecule has 0 unspecified atom stereocenters. The maximum atomic E-state index is 13.6. The molecule has 0 radical (unpaired) electrons. The summed E-state index contributed by atoms with van der Waals surface area (Å²) >= 11 is 0. The van der Waals surface area contributed by atoms with Gasteiger partial charge in [-0.05, 0) is 29.7 Å². The van der Waals surface area contributed by atoms with Gasteiger partial charge in [0, 0.05) is 44.5 Å². The van der Waals surface area contributed by atoms with E-state index in [1.165, 1.54) is 11.9 Å². The average molecular weight is 538 g/mol. The zero-order valence-electron chi connectivity index (χ0n) is 21.6. The largest absolute Gasteiger partial charge is 0.482 e. The van der Waals surface area contributed by atoms with Crippen LogP contribution in [0.5, 0.6) is 5.75 Å². The number of anilines is 1. The number of fused-ring (bicyclic) bond motifs is 4. The Bertz CT molecular complexity index is 1640. The summed E-state index contributed by atoms with van der Waals surface area (Å²) in [5, 5.41) is 5.62. The van der Waals surface area contributed by atoms with Crippen molar-refractivity contribution < 1.29 is 19.1 Å². The number of amides is 3. The van der Waals surface area contributed by atoms with Gasteiger partial charge in [-0.3, -0.25) is 19.3 Å². The molecular weight excluding hydrogens is 510 g/mol. The monoisotopic (exact) mass is 537 g/mol. The van der Waals surface area contributed by atoms with Crippen LogP contribution in [0, 0.1) is 0 Å². The van der Waals surface area contributed by atoms with E-state index in [4.69, 9.17) is 4.74 Å². The maximum Gasteiger partial charge on any atom is 0.272 e. The van der Waals surface area contributed by atoms with Gasteiger partial charge in [0.1, 0.15) is 17.6 Å². The predicted octanol–water partition coefficient (Wildman–Crippen LogP) is 2.32. The normalized spacial score (nSPS) is 19.8. The Labute approximate surface area is 229 Å². The second-order valence-electron chi connectivity index (χ2n) is 10.4. The topological polar surface area (TPSA) is 133 Å². The van der Waals surface area contributed by atoms with E-state index in [9.17, 15) is 14.4 Å². The third-order valence-corrected chi connectivity index (χ3v) is 7.88. The van der Waals surface area contributed by atoms with E-state index in [0.29, 0.717) is 40.6 Å². The van der Waals surface area contributed by atoms with Crippen molar-refractivity contribution in [2.45, 2.75) is 31.6 Å². The van der Waals surface area contributed by atoms with Crippen molar-refractivity contribution in [2.24, 2.45) is 0 Å². The number of hydrogen-bond donors (Lipinski definition) is 3. The molecule has 2 bridgehead atoms. The summed E-state index contributed by atoms with van der Waals surface area (Å²) in [6.07, 6.45) is 3.89. The SMILES string of the molecule is O=C1COc2ccc(CNC(=O)c3ncnc4c(C(=O)N5C[C@@H]6C[C@H]5CN6Cc5ccccc5)c[nH]c34)cc2N1. The fourth-order valence-corrected chi connectivity index (χ4v) is 5.95. The first kappa shape index (κ1) is 24.3. The Morgan fingerprint density at radius 2 is 1.93 bits per heavy atom. The predicted molar refractivity (Wildman–Crippen MR) is 146 cm³/mol. The van der Waals surface area contributed by atoms with Gasteiger partial charge >= 0.3 is 0 Å². The molecule has 0 spiro atoms. The molecule has 2 aromatic heterocycles. The summed E-state index contributed by atoms with van der Waals surface area (Å²) in [6, 6.07) is 16.2. The molecule has 11 nitrogen and oxygen atoms in total. The van der Waals surface area contributed by atoms with Crippen LogP contribution >= 0.6 is 0 Å². The van der Waals surface area contributed by atoms with E-state index in [1.807, 2.05) is 17.0 Å². The number of nitrogens with zero attached hydrogens (tertiary/aromatic N) is 4. The van der Waals surface area contributed by atoms with Crippen LogP contribution in [-0.2, 0) is 17.9 Å². The first-order valence-corrected chi connectivity index (χ1v) is 13.3. The van der Waals surface area contributed by atoms with E-state index in [1.54, 1.807) is 18.3 Å². The second kappa shape index (κ2) is 9.76. The molecule has 3 amide bonds. The van der Waals surface area contributed by atoms with Crippen molar-refractivity contribution in [2.75, 3.05) is 25.0 Å². The number of likely N-dealkylation sites (tertiary alicyclic amines) is 2. The van der Waals surface area contributed by atoms with Gasteiger partial charge in [-0.15, -0.1) is 0 Å². The zero-order valence-corrected chi connectivity index (χ0v) is 21.6. The Balaban J connectivity index is 1.04. The minimum Gasteiger partial charge on any atom is -0.482 e. The number of rotatable bonds is 6. The molecular formula is C29H27N7O4. The lowest BCUT2D eigenvalue weighted by atomic mass is 10.1. The molecule has 11 heteroatoms. The van der Waals surface area contributed by atoms with E-state index < -0.39 is 5.91 Å². The molecule has 3 aliphatic rings. The summed E-state index contributed by atoms with van der Waals surface area (Å²) in [6.45, 7) is 2.61. The third-order valence-electron chi connectivity index (χ3n) is 7.88. The molecule has 0 saturated carbocycles. The Morgan fingerprint density at radius 1 is 1.05 bits per heavy atom. The lowest BCUT2D eigenvalue weighted by molar-refractivity contribution is -0.118. The highest BCUT2D eigenvalue weighted by Gasteiger charge is 2.45. The van der Waals surface area contributed by atoms with Crippen molar-refractivity contribution in [3.8, 4) is 5.75 Å². The zero-order chi connectivity index (χ0) is 27.2. The van der Waals surface area contributed by atoms with Crippen molar-refractivity contribution >= 4 is 34.4 Å². The Kier molecular flexibility index (Phi) is 5.93. The minimum atomic E-state index is -0.400. The number of hydrogen-bond acceptors (Lipinski definition) is 7. The molecule has 202 valence electrons. The molecule has 2 atom stereocenters. The highest BCUT2D eigenvalue weighted by Crippen LogP contribution is 2.34. The van der Waals surface area contributed by atoms with Crippen LogP contribution in [0.2, 0.25) is 0 Å². The van der Waals surface area contributed by atoms with Crippen LogP contribution in [0.4, 0.5) is 5.69 Å². The standard InChI is InChI=1S/C29H27N7O4/c37-24-15-40-23-7-6-18(8-22(23)34-24)10-31-28(38)27-26-25(32-16-33-27)21(11-30-26)29(39)36-14-19-9-20(36)13-35(19)12-17-4-2-1-3-5-17/h1-8,11,16,19-20,30H,9-10,12-15H2,(H,31,38)(H,34,37)/t19-,20-/m0/s1. The van der Waals surface area contributed by atoms with E-state index in [-0.39, 0.29) is 36.7 Å². The lowest BCUT2D eigenvalue weighted by Crippen LogP contribution is -2.48. The van der Waals surface area contributed by atoms with Gasteiger partial charge in [-0.1, -0.05) is 36.4 Å². The van der Waals surface area contributed by atoms with E-state index in [2.05, 4.69) is 54.8 Å². The fourth-order valence-electron chi connectivity index (χ4n) is 5.95. The van der Waals surface area contributed by atoms with E-state index in [0.717, 1.165) is 25.1 Å². The molecule has 0 aliphatic carbocycles. The Morgan fingerprint density at radius 3 is 2.75 bits per heavy atom. The van der Waals surface area contributed by atoms with Crippen LogP contribution in [-0.4, -0.2) is 74.3 Å². The first-order valence-electron chi connectivity index (χ1n) is 13.3. The number of benzene rings is 2. The summed E-state index contributed by atoms with van der Waals surface area (Å²) in [4.78, 5) is 54.3. The number of carbonyl (C=O) groups is 3. The summed E-state index contributed by atoms with van der Waals surface area (Å²) < 4.78 is 5.38. The van der Waals surface area contributed by atoms with Crippen LogP contribution in [0.3, 0.4) is 0 Å². The minimum absolute atomic E-state index is 0.0147. The molecule has 5 heterocycles. The van der Waals surface area contributed by atoms with Crippen molar-refractivity contribution in [1.29, 1.82) is 0 Å². The highest BCUT2D eigenvalue weighted by molar-refractivity contribution is 6.10. The van der Waals surface area contributed by atoms with Crippen LogP contribution in [0.25, 0.3) is 11.0 Å². The van der Waals surface area contributed by atoms with Gasteiger partial charge < -0.3 is 25.3 Å². The number of ether oxygens (including phenoxy) is 1. The number of piperazine rings is 1. The quantitative estimate of drug-likeness (QED) is 0.344. The van der Waals surface area contributed by atoms with Crippen molar-refractivity contribution in [3.63, 3.8) is 0 Å². The average Bonchev–Trinajstić information content (AvgIpc) is 3.70.